The molecule has 1 aliphatic carbocycles. The van der Waals surface area contributed by atoms with Crippen molar-refractivity contribution in [1.82, 2.24) is 15.5 Å². The first-order valence-corrected chi connectivity index (χ1v) is 10.7. The third kappa shape index (κ3) is 7.44. The first kappa shape index (κ1) is 22.1. The maximum Gasteiger partial charge on any atom is 0.285 e. The summed E-state index contributed by atoms with van der Waals surface area (Å²) in [6.07, 6.45) is 8.20. The largest absolute Gasteiger partial charge is 0.464 e. The van der Waals surface area contributed by atoms with E-state index in [0.29, 0.717) is 18.8 Å². The normalized spacial score (nSPS) is 14.6. The van der Waals surface area contributed by atoms with Crippen molar-refractivity contribution in [2.75, 3.05) is 26.4 Å². The molecule has 0 bridgehead atoms. The minimum atomic E-state index is -0.309. The molecule has 1 aromatic rings. The lowest BCUT2D eigenvalue weighted by molar-refractivity contribution is -0.429. The van der Waals surface area contributed by atoms with Gasteiger partial charge in [0.2, 0.25) is 0 Å². The minimum absolute atomic E-state index is 0.180. The van der Waals surface area contributed by atoms with E-state index in [4.69, 9.17) is 4.42 Å². The van der Waals surface area contributed by atoms with Crippen LogP contribution in [0.4, 0.5) is 0 Å². The number of nitrogens with one attached hydrogen (secondary N) is 2. The van der Waals surface area contributed by atoms with Crippen LogP contribution in [0, 0.1) is 10.1 Å². The Balaban J connectivity index is 1.83. The average Bonchev–Trinajstić information content (AvgIpc) is 3.08. The molecule has 0 aromatic carbocycles. The molecule has 2 N–H and O–H groups in total. The molecule has 1 aromatic heterocycles. The Morgan fingerprint density at radius 2 is 2.11 bits per heavy atom. The van der Waals surface area contributed by atoms with Gasteiger partial charge in [-0.15, -0.1) is 0 Å². The smallest absolute Gasteiger partial charge is 0.285 e. The van der Waals surface area contributed by atoms with Crippen LogP contribution in [0.15, 0.2) is 52.0 Å². The summed E-state index contributed by atoms with van der Waals surface area (Å²) in [7, 11) is 4.02. The number of hydrogen-bond donors (Lipinski definition) is 2. The summed E-state index contributed by atoms with van der Waals surface area (Å²) in [5.74, 6) is 4.02. The summed E-state index contributed by atoms with van der Waals surface area (Å²) in [4.78, 5) is 13.1. The van der Waals surface area contributed by atoms with Crippen molar-refractivity contribution < 1.29 is 9.34 Å². The molecule has 0 spiro atoms. The van der Waals surface area contributed by atoms with E-state index >= 15 is 0 Å². The van der Waals surface area contributed by atoms with Crippen LogP contribution in [0.5, 0.6) is 0 Å². The van der Waals surface area contributed by atoms with Crippen molar-refractivity contribution in [3.8, 4) is 0 Å². The van der Waals surface area contributed by atoms with Gasteiger partial charge in [-0.3, -0.25) is 10.1 Å². The fraction of sp³-hybridized carbons (Fsp3) is 0.500. The highest BCUT2D eigenvalue weighted by Crippen LogP contribution is 2.17. The van der Waals surface area contributed by atoms with Crippen molar-refractivity contribution in [2.45, 2.75) is 38.5 Å². The SMILES string of the molecule is CCC(=C(NCCSCc1ccc(CN(C)C)o1)NC1=CCC=CC1)[N+](=O)[O-]. The second-order valence-electron chi connectivity index (χ2n) is 6.78. The zero-order chi connectivity index (χ0) is 20.4. The summed E-state index contributed by atoms with van der Waals surface area (Å²) >= 11 is 1.74. The van der Waals surface area contributed by atoms with Gasteiger partial charge in [0.15, 0.2) is 5.82 Å². The van der Waals surface area contributed by atoms with Gasteiger partial charge in [-0.05, 0) is 32.6 Å². The molecule has 0 saturated carbocycles. The van der Waals surface area contributed by atoms with E-state index in [0.717, 1.165) is 48.1 Å². The molecule has 28 heavy (non-hydrogen) atoms. The maximum absolute atomic E-state index is 11.4. The van der Waals surface area contributed by atoms with Gasteiger partial charge in [0.05, 0.1) is 17.2 Å². The number of furan rings is 1. The number of allylic oxidation sites excluding steroid dienone is 4. The highest BCUT2D eigenvalue weighted by molar-refractivity contribution is 7.98. The molecular weight excluding hydrogens is 376 g/mol. The minimum Gasteiger partial charge on any atom is -0.464 e. The van der Waals surface area contributed by atoms with E-state index in [2.05, 4.69) is 33.8 Å². The van der Waals surface area contributed by atoms with E-state index < -0.39 is 0 Å². The number of rotatable bonds is 12. The van der Waals surface area contributed by atoms with Gasteiger partial charge >= 0.3 is 0 Å². The fourth-order valence-corrected chi connectivity index (χ4v) is 3.54. The maximum atomic E-state index is 11.4. The summed E-state index contributed by atoms with van der Waals surface area (Å²) in [5, 5.41) is 17.8. The number of thioether (sulfide) groups is 1. The number of nitrogens with zero attached hydrogens (tertiary/aromatic N) is 2. The van der Waals surface area contributed by atoms with E-state index in [1.807, 2.05) is 26.2 Å². The van der Waals surface area contributed by atoms with Gasteiger partial charge in [0.25, 0.3) is 5.70 Å². The van der Waals surface area contributed by atoms with Crippen LogP contribution in [0.3, 0.4) is 0 Å². The van der Waals surface area contributed by atoms with E-state index in [1.165, 1.54) is 0 Å². The molecular formula is C20H30N4O3S. The molecule has 2 rings (SSSR count). The van der Waals surface area contributed by atoms with Crippen molar-refractivity contribution in [2.24, 2.45) is 0 Å². The van der Waals surface area contributed by atoms with E-state index in [9.17, 15) is 10.1 Å². The molecule has 0 aliphatic heterocycles. The molecule has 0 atom stereocenters. The molecule has 0 fully saturated rings. The van der Waals surface area contributed by atoms with Crippen LogP contribution in [0.2, 0.25) is 0 Å². The van der Waals surface area contributed by atoms with Gasteiger partial charge in [-0.2, -0.15) is 11.8 Å². The van der Waals surface area contributed by atoms with Gasteiger partial charge in [-0.25, -0.2) is 0 Å². The topological polar surface area (TPSA) is 83.6 Å². The molecule has 7 nitrogen and oxygen atoms in total. The highest BCUT2D eigenvalue weighted by atomic mass is 32.2. The summed E-state index contributed by atoms with van der Waals surface area (Å²) in [6, 6.07) is 4.02. The molecule has 0 amide bonds. The highest BCUT2D eigenvalue weighted by Gasteiger charge is 2.17. The third-order valence-electron chi connectivity index (χ3n) is 4.12. The molecule has 154 valence electrons. The van der Waals surface area contributed by atoms with Crippen LogP contribution in [-0.4, -0.2) is 36.2 Å². The standard InChI is InChI=1S/C20H30N4O3S/c1-4-19(24(25)26)20(22-16-8-6-5-7-9-16)21-12-13-28-15-18-11-10-17(27-18)14-23(2)3/h5-6,9-11,21-22H,4,7-8,12-15H2,1-3H3. The Morgan fingerprint density at radius 1 is 1.32 bits per heavy atom. The van der Waals surface area contributed by atoms with Crippen LogP contribution in [-0.2, 0) is 12.3 Å². The second kappa shape index (κ2) is 11.6. The monoisotopic (exact) mass is 406 g/mol. The van der Waals surface area contributed by atoms with Gasteiger partial charge in [0, 0.05) is 30.8 Å². The van der Waals surface area contributed by atoms with Crippen LogP contribution < -0.4 is 10.6 Å². The average molecular weight is 407 g/mol. The molecule has 1 aliphatic rings. The quantitative estimate of drug-likeness (QED) is 0.236. The van der Waals surface area contributed by atoms with Gasteiger partial charge < -0.3 is 20.0 Å². The summed E-state index contributed by atoms with van der Waals surface area (Å²) < 4.78 is 5.80. The first-order chi connectivity index (χ1) is 13.5. The van der Waals surface area contributed by atoms with E-state index in [1.54, 1.807) is 18.7 Å². The van der Waals surface area contributed by atoms with Gasteiger partial charge in [0.1, 0.15) is 11.5 Å². The molecule has 0 unspecified atom stereocenters. The second-order valence-corrected chi connectivity index (χ2v) is 7.89. The lowest BCUT2D eigenvalue weighted by Crippen LogP contribution is -2.31. The van der Waals surface area contributed by atoms with Crippen molar-refractivity contribution in [1.29, 1.82) is 0 Å². The lowest BCUT2D eigenvalue weighted by atomic mass is 10.1. The predicted molar refractivity (Wildman–Crippen MR) is 114 cm³/mol. The molecule has 1 heterocycles. The van der Waals surface area contributed by atoms with Crippen molar-refractivity contribution >= 4 is 11.8 Å². The molecule has 8 heteroatoms. The van der Waals surface area contributed by atoms with Crippen molar-refractivity contribution in [3.63, 3.8) is 0 Å². The summed E-state index contributed by atoms with van der Waals surface area (Å²) in [6.45, 7) is 3.23. The van der Waals surface area contributed by atoms with E-state index in [-0.39, 0.29) is 10.6 Å². The Morgan fingerprint density at radius 3 is 2.75 bits per heavy atom. The summed E-state index contributed by atoms with van der Waals surface area (Å²) in [5.41, 5.74) is 1.18. The Kier molecular flexibility index (Phi) is 9.16. The zero-order valence-electron chi connectivity index (χ0n) is 16.9. The molecule has 0 radical (unpaired) electrons. The Labute approximate surface area is 171 Å². The molecule has 0 saturated heterocycles. The lowest BCUT2D eigenvalue weighted by Gasteiger charge is -2.17. The van der Waals surface area contributed by atoms with Crippen LogP contribution >= 0.6 is 11.8 Å². The van der Waals surface area contributed by atoms with Crippen molar-refractivity contribution in [3.05, 3.63) is 69.2 Å². The van der Waals surface area contributed by atoms with Gasteiger partial charge in [-0.1, -0.05) is 25.2 Å². The Bertz CT molecular complexity index is 738. The fourth-order valence-electron chi connectivity index (χ4n) is 2.80. The number of hydrogen-bond acceptors (Lipinski definition) is 7. The Hall–Kier alpha value is -2.19. The zero-order valence-corrected chi connectivity index (χ0v) is 17.7. The first-order valence-electron chi connectivity index (χ1n) is 9.52. The van der Waals surface area contributed by atoms with Crippen LogP contribution in [0.1, 0.15) is 37.7 Å². The predicted octanol–water partition coefficient (Wildman–Crippen LogP) is 3.84. The third-order valence-corrected chi connectivity index (χ3v) is 5.10. The number of nitro groups is 1. The van der Waals surface area contributed by atoms with Crippen LogP contribution in [0.25, 0.3) is 0 Å².